The first kappa shape index (κ1) is 22.0. The number of hydrogen-bond donors (Lipinski definition) is 1. The molecule has 3 aromatic carbocycles. The molecule has 0 fully saturated rings. The lowest BCUT2D eigenvalue weighted by Crippen LogP contribution is -2.41. The van der Waals surface area contributed by atoms with Gasteiger partial charge in [0.1, 0.15) is 6.54 Å². The van der Waals surface area contributed by atoms with Crippen molar-refractivity contribution in [3.8, 4) is 11.3 Å². The monoisotopic (exact) mass is 439 g/mol. The molecule has 6 nitrogen and oxygen atoms in total. The normalized spacial score (nSPS) is 11.5. The van der Waals surface area contributed by atoms with Crippen LogP contribution in [0.3, 0.4) is 0 Å². The summed E-state index contributed by atoms with van der Waals surface area (Å²) in [5.74, 6) is -0.115. The molecule has 1 heterocycles. The molecule has 6 heteroatoms. The van der Waals surface area contributed by atoms with E-state index in [-0.39, 0.29) is 36.6 Å². The van der Waals surface area contributed by atoms with E-state index in [0.29, 0.717) is 5.76 Å². The first-order valence-electron chi connectivity index (χ1n) is 10.8. The Bertz CT molecular complexity index is 1190. The Morgan fingerprint density at radius 2 is 1.52 bits per heavy atom. The highest BCUT2D eigenvalue weighted by Gasteiger charge is 2.23. The van der Waals surface area contributed by atoms with Gasteiger partial charge in [-0.2, -0.15) is 0 Å². The molecule has 0 aliphatic carbocycles. The molecule has 0 radical (unpaired) electrons. The molecule has 1 N–H and O–H groups in total. The standard InChI is InChI=1S/C27H25N3O3/c1-20(22-13-7-3-8-14-22)28-26(31)19-30(18-21-11-5-2-6-12-21)27(32)24-17-25(33-29-24)23-15-9-4-10-16-23/h2-17,20H,18-19H2,1H3,(H,28,31). The minimum Gasteiger partial charge on any atom is -0.355 e. The summed E-state index contributed by atoms with van der Waals surface area (Å²) in [7, 11) is 0. The Labute approximate surface area is 192 Å². The number of amides is 2. The van der Waals surface area contributed by atoms with Crippen molar-refractivity contribution in [3.05, 3.63) is 114 Å². The zero-order valence-electron chi connectivity index (χ0n) is 18.3. The molecule has 166 valence electrons. The fourth-order valence-corrected chi connectivity index (χ4v) is 3.57. The first-order chi connectivity index (χ1) is 16.1. The van der Waals surface area contributed by atoms with E-state index >= 15 is 0 Å². The average molecular weight is 440 g/mol. The van der Waals surface area contributed by atoms with Crippen molar-refractivity contribution in [2.45, 2.75) is 19.5 Å². The second-order valence-corrected chi connectivity index (χ2v) is 7.79. The number of hydrogen-bond acceptors (Lipinski definition) is 4. The second-order valence-electron chi connectivity index (χ2n) is 7.79. The molecular formula is C27H25N3O3. The van der Waals surface area contributed by atoms with E-state index in [1.165, 1.54) is 4.90 Å². The summed E-state index contributed by atoms with van der Waals surface area (Å²) in [5, 5.41) is 6.95. The van der Waals surface area contributed by atoms with Crippen molar-refractivity contribution in [2.75, 3.05) is 6.54 Å². The lowest BCUT2D eigenvalue weighted by atomic mass is 10.1. The molecule has 4 rings (SSSR count). The highest BCUT2D eigenvalue weighted by molar-refractivity contribution is 5.95. The fraction of sp³-hybridized carbons (Fsp3) is 0.148. The second kappa shape index (κ2) is 10.4. The van der Waals surface area contributed by atoms with Crippen LogP contribution in [-0.2, 0) is 11.3 Å². The van der Waals surface area contributed by atoms with Crippen molar-refractivity contribution in [1.82, 2.24) is 15.4 Å². The van der Waals surface area contributed by atoms with Gasteiger partial charge in [0.25, 0.3) is 5.91 Å². The summed E-state index contributed by atoms with van der Waals surface area (Å²) in [6.07, 6.45) is 0. The van der Waals surface area contributed by atoms with Gasteiger partial charge in [0, 0.05) is 18.2 Å². The van der Waals surface area contributed by atoms with E-state index in [2.05, 4.69) is 10.5 Å². The number of carbonyl (C=O) groups is 2. The topological polar surface area (TPSA) is 75.4 Å². The Morgan fingerprint density at radius 1 is 0.909 bits per heavy atom. The van der Waals surface area contributed by atoms with Gasteiger partial charge in [0.05, 0.1) is 6.04 Å². The SMILES string of the molecule is CC(NC(=O)CN(Cc1ccccc1)C(=O)c1cc(-c2ccccc2)on1)c1ccccc1. The summed E-state index contributed by atoms with van der Waals surface area (Å²) in [4.78, 5) is 27.6. The first-order valence-corrected chi connectivity index (χ1v) is 10.8. The van der Waals surface area contributed by atoms with Gasteiger partial charge in [-0.05, 0) is 18.1 Å². The maximum Gasteiger partial charge on any atom is 0.276 e. The molecule has 0 saturated heterocycles. The molecule has 1 aromatic heterocycles. The predicted octanol–water partition coefficient (Wildman–Crippen LogP) is 4.86. The van der Waals surface area contributed by atoms with Crippen LogP contribution in [0.1, 0.15) is 34.6 Å². The van der Waals surface area contributed by atoms with Crippen LogP contribution < -0.4 is 5.32 Å². The van der Waals surface area contributed by atoms with E-state index < -0.39 is 0 Å². The molecule has 0 spiro atoms. The molecule has 4 aromatic rings. The molecule has 1 unspecified atom stereocenters. The number of carbonyl (C=O) groups excluding carboxylic acids is 2. The van der Waals surface area contributed by atoms with E-state index in [0.717, 1.165) is 16.7 Å². The lowest BCUT2D eigenvalue weighted by Gasteiger charge is -2.23. The number of benzene rings is 3. The number of aromatic nitrogens is 1. The van der Waals surface area contributed by atoms with Gasteiger partial charge in [-0.3, -0.25) is 9.59 Å². The molecule has 1 atom stereocenters. The Balaban J connectivity index is 1.51. The summed E-state index contributed by atoms with van der Waals surface area (Å²) in [6, 6.07) is 30.1. The highest BCUT2D eigenvalue weighted by Crippen LogP contribution is 2.21. The van der Waals surface area contributed by atoms with Crippen molar-refractivity contribution in [1.29, 1.82) is 0 Å². The smallest absolute Gasteiger partial charge is 0.276 e. The van der Waals surface area contributed by atoms with Crippen LogP contribution in [0.4, 0.5) is 0 Å². The van der Waals surface area contributed by atoms with Crippen LogP contribution in [0.2, 0.25) is 0 Å². The average Bonchev–Trinajstić information content (AvgIpc) is 3.35. The summed E-state index contributed by atoms with van der Waals surface area (Å²) in [6.45, 7) is 2.10. The van der Waals surface area contributed by atoms with Crippen LogP contribution in [0.15, 0.2) is 102 Å². The van der Waals surface area contributed by atoms with Crippen LogP contribution in [0, 0.1) is 0 Å². The van der Waals surface area contributed by atoms with E-state index in [1.807, 2.05) is 97.9 Å². The zero-order valence-corrected chi connectivity index (χ0v) is 18.3. The molecule has 0 bridgehead atoms. The summed E-state index contributed by atoms with van der Waals surface area (Å²) < 4.78 is 5.40. The third kappa shape index (κ3) is 5.74. The van der Waals surface area contributed by atoms with Crippen LogP contribution >= 0.6 is 0 Å². The van der Waals surface area contributed by atoms with Crippen molar-refractivity contribution in [3.63, 3.8) is 0 Å². The molecule has 0 aliphatic heterocycles. The zero-order chi connectivity index (χ0) is 23.0. The lowest BCUT2D eigenvalue weighted by molar-refractivity contribution is -0.122. The highest BCUT2D eigenvalue weighted by atomic mass is 16.5. The largest absolute Gasteiger partial charge is 0.355 e. The van der Waals surface area contributed by atoms with Gasteiger partial charge in [0.15, 0.2) is 11.5 Å². The third-order valence-electron chi connectivity index (χ3n) is 5.30. The van der Waals surface area contributed by atoms with Gasteiger partial charge in [0.2, 0.25) is 5.91 Å². The van der Waals surface area contributed by atoms with E-state index in [1.54, 1.807) is 6.07 Å². The van der Waals surface area contributed by atoms with Gasteiger partial charge < -0.3 is 14.7 Å². The minimum atomic E-state index is -0.368. The van der Waals surface area contributed by atoms with Crippen molar-refractivity contribution in [2.24, 2.45) is 0 Å². The number of nitrogens with zero attached hydrogens (tertiary/aromatic N) is 2. The van der Waals surface area contributed by atoms with Crippen molar-refractivity contribution < 1.29 is 14.1 Å². The quantitative estimate of drug-likeness (QED) is 0.425. The van der Waals surface area contributed by atoms with Crippen LogP contribution in [0.25, 0.3) is 11.3 Å². The van der Waals surface area contributed by atoms with Crippen molar-refractivity contribution >= 4 is 11.8 Å². The maximum absolute atomic E-state index is 13.3. The van der Waals surface area contributed by atoms with E-state index in [9.17, 15) is 9.59 Å². The Kier molecular flexibility index (Phi) is 6.95. The Morgan fingerprint density at radius 3 is 2.18 bits per heavy atom. The van der Waals surface area contributed by atoms with E-state index in [4.69, 9.17) is 4.52 Å². The van der Waals surface area contributed by atoms with Crippen LogP contribution in [-0.4, -0.2) is 28.4 Å². The van der Waals surface area contributed by atoms with Gasteiger partial charge >= 0.3 is 0 Å². The fourth-order valence-electron chi connectivity index (χ4n) is 3.57. The summed E-state index contributed by atoms with van der Waals surface area (Å²) in [5.41, 5.74) is 2.90. The minimum absolute atomic E-state index is 0.0988. The summed E-state index contributed by atoms with van der Waals surface area (Å²) >= 11 is 0. The molecule has 0 aliphatic rings. The Hall–Kier alpha value is -4.19. The van der Waals surface area contributed by atoms with Gasteiger partial charge in [-0.25, -0.2) is 0 Å². The predicted molar refractivity (Wildman–Crippen MR) is 126 cm³/mol. The van der Waals surface area contributed by atoms with Crippen LogP contribution in [0.5, 0.6) is 0 Å². The molecule has 2 amide bonds. The maximum atomic E-state index is 13.3. The van der Waals surface area contributed by atoms with Gasteiger partial charge in [-0.1, -0.05) is 96.2 Å². The molecular weight excluding hydrogens is 414 g/mol. The van der Waals surface area contributed by atoms with Gasteiger partial charge in [-0.15, -0.1) is 0 Å². The molecule has 33 heavy (non-hydrogen) atoms. The number of rotatable bonds is 8. The molecule has 0 saturated carbocycles. The third-order valence-corrected chi connectivity index (χ3v) is 5.30. The number of nitrogens with one attached hydrogen (secondary N) is 1.